The van der Waals surface area contributed by atoms with Crippen molar-refractivity contribution in [2.45, 2.75) is 6.42 Å². The van der Waals surface area contributed by atoms with E-state index in [-0.39, 0.29) is 12.2 Å². The van der Waals surface area contributed by atoms with Crippen LogP contribution in [-0.4, -0.2) is 0 Å². The van der Waals surface area contributed by atoms with E-state index in [2.05, 4.69) is 15.9 Å². The highest BCUT2D eigenvalue weighted by molar-refractivity contribution is 9.10. The third-order valence-electron chi connectivity index (χ3n) is 1.99. The molecule has 1 aromatic heterocycles. The molecular weight excluding hydrogens is 265 g/mol. The number of hydrogen-bond acceptors (Lipinski definition) is 2. The number of rotatable bonds is 1. The Bertz CT molecular complexity index is 527. The van der Waals surface area contributed by atoms with Gasteiger partial charge >= 0.3 is 0 Å². The molecule has 0 aliphatic carbocycles. The van der Waals surface area contributed by atoms with Gasteiger partial charge in [0, 0.05) is 20.1 Å². The number of halogens is 2. The van der Waals surface area contributed by atoms with Crippen molar-refractivity contribution in [1.29, 1.82) is 5.26 Å². The average Bonchev–Trinajstić information content (AvgIpc) is 2.60. The van der Waals surface area contributed by atoms with Crippen LogP contribution in [0.3, 0.4) is 0 Å². The van der Waals surface area contributed by atoms with Crippen molar-refractivity contribution in [1.82, 2.24) is 0 Å². The summed E-state index contributed by atoms with van der Waals surface area (Å²) < 4.78 is 15.1. The first-order chi connectivity index (χ1) is 6.74. The van der Waals surface area contributed by atoms with Crippen LogP contribution in [0.4, 0.5) is 4.39 Å². The lowest BCUT2D eigenvalue weighted by atomic mass is 10.1. The lowest BCUT2D eigenvalue weighted by Gasteiger charge is -2.02. The van der Waals surface area contributed by atoms with Crippen LogP contribution in [0.2, 0.25) is 0 Å². The monoisotopic (exact) mass is 269 g/mol. The molecule has 0 spiro atoms. The maximum atomic E-state index is 13.5. The van der Waals surface area contributed by atoms with Gasteiger partial charge in [-0.25, -0.2) is 4.39 Å². The summed E-state index contributed by atoms with van der Waals surface area (Å²) in [5.41, 5.74) is 0.501. The molecule has 0 aliphatic rings. The number of thiophene rings is 1. The maximum absolute atomic E-state index is 13.5. The summed E-state index contributed by atoms with van der Waals surface area (Å²) in [4.78, 5) is 0. The summed E-state index contributed by atoms with van der Waals surface area (Å²) in [6.45, 7) is 0. The second-order valence-corrected chi connectivity index (χ2v) is 4.59. The van der Waals surface area contributed by atoms with Crippen LogP contribution in [0, 0.1) is 17.1 Å². The smallest absolute Gasteiger partial charge is 0.130 e. The summed E-state index contributed by atoms with van der Waals surface area (Å²) in [7, 11) is 0. The third kappa shape index (κ3) is 1.43. The zero-order valence-corrected chi connectivity index (χ0v) is 9.45. The van der Waals surface area contributed by atoms with Gasteiger partial charge in [-0.3, -0.25) is 0 Å². The van der Waals surface area contributed by atoms with Crippen LogP contribution in [-0.2, 0) is 6.42 Å². The van der Waals surface area contributed by atoms with Crippen molar-refractivity contribution in [3.05, 3.63) is 33.4 Å². The van der Waals surface area contributed by atoms with Crippen LogP contribution in [0.1, 0.15) is 5.56 Å². The fraction of sp³-hybridized carbons (Fsp3) is 0.100. The molecule has 14 heavy (non-hydrogen) atoms. The summed E-state index contributed by atoms with van der Waals surface area (Å²) in [5, 5.41) is 11.5. The Morgan fingerprint density at radius 3 is 3.07 bits per heavy atom. The van der Waals surface area contributed by atoms with E-state index in [0.29, 0.717) is 5.56 Å². The minimum Gasteiger partial charge on any atom is -0.207 e. The summed E-state index contributed by atoms with van der Waals surface area (Å²) in [5.74, 6) is -0.312. The predicted molar refractivity (Wildman–Crippen MR) is 58.8 cm³/mol. The third-order valence-corrected chi connectivity index (χ3v) is 3.62. The van der Waals surface area contributed by atoms with Crippen LogP contribution < -0.4 is 0 Å². The number of hydrogen-bond donors (Lipinski definition) is 0. The lowest BCUT2D eigenvalue weighted by molar-refractivity contribution is 0.617. The molecule has 2 aromatic rings. The van der Waals surface area contributed by atoms with Crippen molar-refractivity contribution < 1.29 is 4.39 Å². The average molecular weight is 270 g/mol. The summed E-state index contributed by atoms with van der Waals surface area (Å²) >= 11 is 4.76. The highest BCUT2D eigenvalue weighted by atomic mass is 79.9. The largest absolute Gasteiger partial charge is 0.207 e. The van der Waals surface area contributed by atoms with Crippen molar-refractivity contribution in [2.24, 2.45) is 0 Å². The van der Waals surface area contributed by atoms with Crippen molar-refractivity contribution >= 4 is 37.4 Å². The van der Waals surface area contributed by atoms with E-state index >= 15 is 0 Å². The fourth-order valence-electron chi connectivity index (χ4n) is 1.36. The van der Waals surface area contributed by atoms with Crippen molar-refractivity contribution in [3.63, 3.8) is 0 Å². The van der Waals surface area contributed by atoms with Gasteiger partial charge in [-0.15, -0.1) is 11.3 Å². The molecule has 2 rings (SSSR count). The van der Waals surface area contributed by atoms with E-state index in [1.165, 1.54) is 17.4 Å². The Balaban J connectivity index is 2.81. The Labute approximate surface area is 92.9 Å². The Morgan fingerprint density at radius 2 is 2.36 bits per heavy atom. The first-order valence-electron chi connectivity index (χ1n) is 3.95. The molecule has 0 bridgehead atoms. The molecule has 1 heterocycles. The predicted octanol–water partition coefficient (Wildman–Crippen LogP) is 3.87. The molecule has 0 unspecified atom stereocenters. The van der Waals surface area contributed by atoms with Crippen LogP contribution in [0.25, 0.3) is 10.1 Å². The first kappa shape index (κ1) is 9.63. The van der Waals surface area contributed by atoms with Gasteiger partial charge in [0.2, 0.25) is 0 Å². The SMILES string of the molecule is N#CCc1c(F)cc(Br)c2ccsc12. The number of fused-ring (bicyclic) bond motifs is 1. The zero-order chi connectivity index (χ0) is 10.1. The Hall–Kier alpha value is -0.920. The van der Waals surface area contributed by atoms with E-state index in [1.54, 1.807) is 0 Å². The molecule has 0 atom stereocenters. The van der Waals surface area contributed by atoms with Gasteiger partial charge in [-0.2, -0.15) is 5.26 Å². The van der Waals surface area contributed by atoms with E-state index in [1.807, 2.05) is 17.5 Å². The number of benzene rings is 1. The van der Waals surface area contributed by atoms with Crippen LogP contribution in [0.15, 0.2) is 22.0 Å². The Kier molecular flexibility index (Phi) is 2.53. The lowest BCUT2D eigenvalue weighted by Crippen LogP contribution is -1.89. The van der Waals surface area contributed by atoms with Gasteiger partial charge in [0.25, 0.3) is 0 Å². The summed E-state index contributed by atoms with van der Waals surface area (Å²) in [6.07, 6.45) is 0.121. The molecule has 0 saturated heterocycles. The fourth-order valence-corrected chi connectivity index (χ4v) is 2.98. The second-order valence-electron chi connectivity index (χ2n) is 2.82. The number of nitrogens with zero attached hydrogens (tertiary/aromatic N) is 1. The molecule has 0 radical (unpaired) electrons. The quantitative estimate of drug-likeness (QED) is 0.771. The minimum atomic E-state index is -0.312. The van der Waals surface area contributed by atoms with E-state index in [4.69, 9.17) is 5.26 Å². The first-order valence-corrected chi connectivity index (χ1v) is 5.62. The second kappa shape index (κ2) is 3.68. The maximum Gasteiger partial charge on any atom is 0.130 e. The molecule has 0 aliphatic heterocycles. The van der Waals surface area contributed by atoms with Crippen LogP contribution >= 0.6 is 27.3 Å². The molecule has 0 N–H and O–H groups in total. The molecule has 0 amide bonds. The standard InChI is InChI=1S/C10H5BrFNS/c11-8-5-9(12)7(1-3-13)10-6(8)2-4-14-10/h2,4-5H,1H2. The van der Waals surface area contributed by atoms with Gasteiger partial charge in [0.15, 0.2) is 0 Å². The Morgan fingerprint density at radius 1 is 1.57 bits per heavy atom. The molecular formula is C10H5BrFNS. The van der Waals surface area contributed by atoms with Gasteiger partial charge in [0.05, 0.1) is 12.5 Å². The van der Waals surface area contributed by atoms with E-state index < -0.39 is 0 Å². The van der Waals surface area contributed by atoms with E-state index in [0.717, 1.165) is 14.6 Å². The highest BCUT2D eigenvalue weighted by Crippen LogP contribution is 2.33. The molecule has 1 nitrogen and oxygen atoms in total. The molecule has 1 aromatic carbocycles. The zero-order valence-electron chi connectivity index (χ0n) is 7.05. The topological polar surface area (TPSA) is 23.8 Å². The van der Waals surface area contributed by atoms with Crippen molar-refractivity contribution in [3.8, 4) is 6.07 Å². The van der Waals surface area contributed by atoms with Gasteiger partial charge in [-0.05, 0) is 17.5 Å². The van der Waals surface area contributed by atoms with Crippen LogP contribution in [0.5, 0.6) is 0 Å². The van der Waals surface area contributed by atoms with Gasteiger partial charge in [-0.1, -0.05) is 15.9 Å². The van der Waals surface area contributed by atoms with E-state index in [9.17, 15) is 4.39 Å². The number of nitriles is 1. The van der Waals surface area contributed by atoms with Crippen molar-refractivity contribution in [2.75, 3.05) is 0 Å². The van der Waals surface area contributed by atoms with Gasteiger partial charge in [0.1, 0.15) is 5.82 Å². The minimum absolute atomic E-state index is 0.121. The molecule has 0 saturated carbocycles. The molecule has 70 valence electrons. The van der Waals surface area contributed by atoms with Gasteiger partial charge < -0.3 is 0 Å². The molecule has 4 heteroatoms. The summed E-state index contributed by atoms with van der Waals surface area (Å²) in [6, 6.07) is 5.32. The normalized spacial score (nSPS) is 10.4. The highest BCUT2D eigenvalue weighted by Gasteiger charge is 2.11. The molecule has 0 fully saturated rings.